The zero-order valence-electron chi connectivity index (χ0n) is 22.0. The average molecular weight is 571 g/mol. The van der Waals surface area contributed by atoms with Crippen molar-refractivity contribution in [1.82, 2.24) is 14.6 Å². The first-order valence-corrected chi connectivity index (χ1v) is 13.6. The van der Waals surface area contributed by atoms with Crippen LogP contribution in [-0.2, 0) is 32.9 Å². The molecule has 0 amide bonds. The van der Waals surface area contributed by atoms with Gasteiger partial charge in [0, 0.05) is 19.2 Å². The quantitative estimate of drug-likeness (QED) is 0.300. The first kappa shape index (κ1) is 30.2. The van der Waals surface area contributed by atoms with Gasteiger partial charge in [-0.25, -0.2) is 13.8 Å². The highest BCUT2D eigenvalue weighted by Crippen LogP contribution is 2.48. The summed E-state index contributed by atoms with van der Waals surface area (Å²) in [6.07, 6.45) is -4.07. The summed E-state index contributed by atoms with van der Waals surface area (Å²) in [4.78, 5) is 50.0. The van der Waals surface area contributed by atoms with Crippen LogP contribution >= 0.6 is 7.75 Å². The van der Waals surface area contributed by atoms with Gasteiger partial charge < -0.3 is 18.7 Å². The number of aromatic nitrogens is 2. The summed E-state index contributed by atoms with van der Waals surface area (Å²) in [5.74, 6) is -1.44. The first-order chi connectivity index (χ1) is 18.2. The number of H-pyrrole nitrogens is 1. The van der Waals surface area contributed by atoms with Crippen molar-refractivity contribution >= 4 is 19.7 Å². The lowest BCUT2D eigenvalue weighted by atomic mass is 9.98. The maximum Gasteiger partial charge on any atom is 0.459 e. The van der Waals surface area contributed by atoms with Gasteiger partial charge in [0.1, 0.15) is 17.9 Å². The van der Waals surface area contributed by atoms with Gasteiger partial charge in [-0.15, -0.1) is 0 Å². The molecule has 3 rings (SSSR count). The van der Waals surface area contributed by atoms with Crippen molar-refractivity contribution in [3.63, 3.8) is 0 Å². The van der Waals surface area contributed by atoms with Crippen LogP contribution in [0.4, 0.5) is 4.39 Å². The van der Waals surface area contributed by atoms with Crippen molar-refractivity contribution in [3.8, 4) is 5.75 Å². The van der Waals surface area contributed by atoms with Gasteiger partial charge in [-0.2, -0.15) is 5.09 Å². The zero-order chi connectivity index (χ0) is 29.0. The number of alkyl halides is 1. The number of halogens is 1. The zero-order valence-corrected chi connectivity index (χ0v) is 22.9. The molecule has 15 heteroatoms. The number of esters is 2. The molecule has 1 saturated heterocycles. The molecule has 1 aliphatic heterocycles. The smallest absolute Gasteiger partial charge is 0.459 e. The highest BCUT2D eigenvalue weighted by molar-refractivity contribution is 7.52. The molecule has 2 heterocycles. The number of aromatic amines is 1. The Morgan fingerprint density at radius 3 is 2.46 bits per heavy atom. The lowest BCUT2D eigenvalue weighted by Crippen LogP contribution is -2.46. The van der Waals surface area contributed by atoms with Crippen molar-refractivity contribution in [3.05, 3.63) is 63.4 Å². The molecule has 13 nitrogen and oxygen atoms in total. The van der Waals surface area contributed by atoms with Gasteiger partial charge in [0.05, 0.1) is 12.7 Å². The number of nitrogens with zero attached hydrogens (tertiary/aromatic N) is 1. The summed E-state index contributed by atoms with van der Waals surface area (Å²) in [7, 11) is -4.37. The summed E-state index contributed by atoms with van der Waals surface area (Å²) in [5.41, 5.74) is -4.16. The molecule has 1 aromatic heterocycles. The molecule has 2 aromatic rings. The normalized spacial score (nSPS) is 25.1. The Morgan fingerprint density at radius 2 is 1.87 bits per heavy atom. The van der Waals surface area contributed by atoms with E-state index >= 15 is 4.39 Å². The topological polar surface area (TPSA) is 164 Å². The third kappa shape index (κ3) is 7.63. The van der Waals surface area contributed by atoms with E-state index in [-0.39, 0.29) is 5.75 Å². The van der Waals surface area contributed by atoms with Crippen molar-refractivity contribution < 1.29 is 41.8 Å². The number of carbonyl (C=O) groups is 2. The molecule has 0 bridgehead atoms. The molecule has 214 valence electrons. The Bertz CT molecular complexity index is 1330. The predicted octanol–water partition coefficient (Wildman–Crippen LogP) is 2.23. The minimum absolute atomic E-state index is 0.134. The Morgan fingerprint density at radius 1 is 1.21 bits per heavy atom. The van der Waals surface area contributed by atoms with Gasteiger partial charge in [-0.3, -0.25) is 28.5 Å². The van der Waals surface area contributed by atoms with Crippen LogP contribution in [0.2, 0.25) is 0 Å². The molecule has 0 saturated carbocycles. The van der Waals surface area contributed by atoms with Crippen LogP contribution < -0.4 is 20.9 Å². The van der Waals surface area contributed by atoms with Crippen LogP contribution in [0.15, 0.2) is 52.2 Å². The molecule has 1 aromatic carbocycles. The molecule has 0 radical (unpaired) electrons. The Balaban J connectivity index is 1.89. The fraction of sp³-hybridized carbons (Fsp3) is 0.500. The molecular formula is C24H31FN3O10P. The maximum atomic E-state index is 16.0. The molecule has 2 unspecified atom stereocenters. The predicted molar refractivity (Wildman–Crippen MR) is 135 cm³/mol. The standard InChI is InChI=1S/C24H31FN3O10P/c1-14(2)35-21(31)15(3)27-39(33,38-17-9-7-6-8-10-17)34-13-18-20(36-16(4)29)24(5,25)22(37-18)28-12-11-19(30)26-23(28)32/h6-12,14-15,18,20,22H,13H2,1-5H3,(H,27,33)(H,26,30,32)/t15-,18+,20-,22+,24?,39?/m0/s1. The molecule has 0 spiro atoms. The van der Waals surface area contributed by atoms with Crippen LogP contribution in [0.5, 0.6) is 5.75 Å². The highest BCUT2D eigenvalue weighted by atomic mass is 31.2. The highest BCUT2D eigenvalue weighted by Gasteiger charge is 2.58. The molecule has 6 atom stereocenters. The molecule has 0 aliphatic carbocycles. The van der Waals surface area contributed by atoms with Crippen molar-refractivity contribution in [2.75, 3.05) is 6.61 Å². The maximum absolute atomic E-state index is 16.0. The summed E-state index contributed by atoms with van der Waals surface area (Å²) in [6.45, 7) is 6.12. The lowest BCUT2D eigenvalue weighted by Gasteiger charge is -2.28. The van der Waals surface area contributed by atoms with Gasteiger partial charge in [0.15, 0.2) is 18.0 Å². The van der Waals surface area contributed by atoms with Crippen LogP contribution in [0.25, 0.3) is 0 Å². The molecular weight excluding hydrogens is 540 g/mol. The number of rotatable bonds is 11. The van der Waals surface area contributed by atoms with Crippen molar-refractivity contribution in [2.24, 2.45) is 0 Å². The number of nitrogens with one attached hydrogen (secondary N) is 2. The monoisotopic (exact) mass is 571 g/mol. The largest absolute Gasteiger partial charge is 0.462 e. The van der Waals surface area contributed by atoms with E-state index in [0.717, 1.165) is 30.7 Å². The minimum Gasteiger partial charge on any atom is -0.462 e. The number of hydrogen-bond donors (Lipinski definition) is 2. The summed E-state index contributed by atoms with van der Waals surface area (Å²) in [6, 6.07) is 7.79. The van der Waals surface area contributed by atoms with Crippen LogP contribution in [0.3, 0.4) is 0 Å². The first-order valence-electron chi connectivity index (χ1n) is 12.0. The van der Waals surface area contributed by atoms with Crippen LogP contribution in [0, 0.1) is 0 Å². The summed E-state index contributed by atoms with van der Waals surface area (Å²) in [5, 5.41) is 2.49. The molecule has 1 fully saturated rings. The summed E-state index contributed by atoms with van der Waals surface area (Å²) >= 11 is 0. The van der Waals surface area contributed by atoms with Gasteiger partial charge in [0.2, 0.25) is 0 Å². The van der Waals surface area contributed by atoms with Crippen molar-refractivity contribution in [1.29, 1.82) is 0 Å². The van der Waals surface area contributed by atoms with Crippen LogP contribution in [-0.4, -0.2) is 58.1 Å². The molecule has 39 heavy (non-hydrogen) atoms. The van der Waals surface area contributed by atoms with Gasteiger partial charge in [-0.05, 0) is 39.8 Å². The van der Waals surface area contributed by atoms with Gasteiger partial charge in [0.25, 0.3) is 5.56 Å². The Kier molecular flexibility index (Phi) is 9.49. The fourth-order valence-electron chi connectivity index (χ4n) is 3.83. The van der Waals surface area contributed by atoms with Crippen LogP contribution in [0.1, 0.15) is 40.8 Å². The number of hydrogen-bond acceptors (Lipinski definition) is 10. The number of benzene rings is 1. The van der Waals surface area contributed by atoms with E-state index in [4.69, 9.17) is 23.3 Å². The number of carbonyl (C=O) groups excluding carboxylic acids is 2. The average Bonchev–Trinajstić information content (AvgIpc) is 3.07. The third-order valence-electron chi connectivity index (χ3n) is 5.51. The van der Waals surface area contributed by atoms with E-state index in [2.05, 4.69) is 5.09 Å². The van der Waals surface area contributed by atoms with E-state index in [1.807, 2.05) is 4.98 Å². The number of ether oxygens (including phenoxy) is 3. The van der Waals surface area contributed by atoms with E-state index in [1.165, 1.54) is 19.1 Å². The van der Waals surface area contributed by atoms with E-state index in [9.17, 15) is 23.7 Å². The van der Waals surface area contributed by atoms with E-state index in [1.54, 1.807) is 32.0 Å². The lowest BCUT2D eigenvalue weighted by molar-refractivity contribution is -0.155. The van der Waals surface area contributed by atoms with Gasteiger partial charge in [-0.1, -0.05) is 18.2 Å². The van der Waals surface area contributed by atoms with Crippen molar-refractivity contribution in [2.45, 2.75) is 70.9 Å². The fourth-order valence-corrected chi connectivity index (χ4v) is 5.33. The summed E-state index contributed by atoms with van der Waals surface area (Å²) < 4.78 is 57.7. The second-order valence-electron chi connectivity index (χ2n) is 9.26. The Hall–Kier alpha value is -3.32. The number of para-hydroxylation sites is 1. The van der Waals surface area contributed by atoms with E-state index < -0.39 is 73.8 Å². The second kappa shape index (κ2) is 12.2. The minimum atomic E-state index is -4.37. The molecule has 1 aliphatic rings. The molecule has 2 N–H and O–H groups in total. The van der Waals surface area contributed by atoms with Gasteiger partial charge >= 0.3 is 25.4 Å². The SMILES string of the molecule is CC(=O)O[C@H]1[C@@H](COP(=O)(N[C@@H](C)C(=O)OC(C)C)Oc2ccccc2)O[C@@H](n2ccc(=O)[nH]c2=O)C1(C)F. The third-order valence-corrected chi connectivity index (χ3v) is 7.16. The van der Waals surface area contributed by atoms with E-state index in [0.29, 0.717) is 0 Å². The second-order valence-corrected chi connectivity index (χ2v) is 11.0. The Labute approximate surface area is 223 Å².